The second kappa shape index (κ2) is 3.60. The molecule has 0 N–H and O–H groups in total. The van der Waals surface area contributed by atoms with E-state index in [1.807, 2.05) is 32.9 Å². The predicted molar refractivity (Wildman–Crippen MR) is 59.6 cm³/mol. The predicted octanol–water partition coefficient (Wildman–Crippen LogP) is 2.65. The van der Waals surface area contributed by atoms with Crippen molar-refractivity contribution >= 4 is 5.78 Å². The standard InChI is InChI=1S/C13H18O2/c1-13(2,3)12(14)10-4-5-11-9(8-10)6-7-15-11/h4,8,11H,5-7H2,1-3H3. The first-order valence-corrected chi connectivity index (χ1v) is 5.55. The normalized spacial score (nSPS) is 25.7. The summed E-state index contributed by atoms with van der Waals surface area (Å²) in [5.74, 6) is 0.236. The zero-order chi connectivity index (χ0) is 11.1. The summed E-state index contributed by atoms with van der Waals surface area (Å²) in [6, 6.07) is 0. The minimum Gasteiger partial charge on any atom is -0.373 e. The van der Waals surface area contributed by atoms with Crippen LogP contribution in [0.2, 0.25) is 0 Å². The molecule has 1 saturated heterocycles. The summed E-state index contributed by atoms with van der Waals surface area (Å²) in [5, 5.41) is 0. The third-order valence-electron chi connectivity index (χ3n) is 2.96. The Hall–Kier alpha value is -0.890. The summed E-state index contributed by atoms with van der Waals surface area (Å²) in [6.07, 6.45) is 6.16. The largest absolute Gasteiger partial charge is 0.373 e. The van der Waals surface area contributed by atoms with Crippen LogP contribution in [0.4, 0.5) is 0 Å². The van der Waals surface area contributed by atoms with Gasteiger partial charge in [-0.25, -0.2) is 0 Å². The Balaban J connectivity index is 2.19. The van der Waals surface area contributed by atoms with Crippen molar-refractivity contribution in [3.63, 3.8) is 0 Å². The number of rotatable bonds is 1. The van der Waals surface area contributed by atoms with E-state index in [0.717, 1.165) is 25.0 Å². The zero-order valence-electron chi connectivity index (χ0n) is 9.67. The first kappa shape index (κ1) is 10.6. The molecule has 0 saturated carbocycles. The van der Waals surface area contributed by atoms with Gasteiger partial charge in [-0.05, 0) is 24.5 Å². The molecular weight excluding hydrogens is 188 g/mol. The van der Waals surface area contributed by atoms with E-state index in [1.54, 1.807) is 0 Å². The summed E-state index contributed by atoms with van der Waals surface area (Å²) in [4.78, 5) is 12.1. The molecular formula is C13H18O2. The maximum atomic E-state index is 12.1. The summed E-state index contributed by atoms with van der Waals surface area (Å²) < 4.78 is 5.55. The Kier molecular flexibility index (Phi) is 2.55. The highest BCUT2D eigenvalue weighted by Crippen LogP contribution is 2.31. The summed E-state index contributed by atoms with van der Waals surface area (Å²) >= 11 is 0. The molecule has 2 aliphatic rings. The molecule has 1 atom stereocenters. The second-order valence-corrected chi connectivity index (χ2v) is 5.30. The summed E-state index contributed by atoms with van der Waals surface area (Å²) in [5.41, 5.74) is 1.89. The molecule has 15 heavy (non-hydrogen) atoms. The molecule has 1 heterocycles. The molecule has 2 heteroatoms. The minimum atomic E-state index is -0.283. The van der Waals surface area contributed by atoms with E-state index >= 15 is 0 Å². The lowest BCUT2D eigenvalue weighted by molar-refractivity contribution is -0.122. The number of ether oxygens (including phenoxy) is 1. The van der Waals surface area contributed by atoms with Gasteiger partial charge in [0.2, 0.25) is 0 Å². The van der Waals surface area contributed by atoms with E-state index < -0.39 is 0 Å². The maximum absolute atomic E-state index is 12.1. The number of ketones is 1. The van der Waals surface area contributed by atoms with Gasteiger partial charge in [-0.3, -0.25) is 4.79 Å². The van der Waals surface area contributed by atoms with Gasteiger partial charge < -0.3 is 4.74 Å². The van der Waals surface area contributed by atoms with Crippen LogP contribution < -0.4 is 0 Å². The van der Waals surface area contributed by atoms with Crippen molar-refractivity contribution in [3.8, 4) is 0 Å². The topological polar surface area (TPSA) is 26.3 Å². The van der Waals surface area contributed by atoms with Crippen LogP contribution in [-0.4, -0.2) is 18.5 Å². The van der Waals surface area contributed by atoms with Gasteiger partial charge in [0.25, 0.3) is 0 Å². The number of hydrogen-bond donors (Lipinski definition) is 0. The van der Waals surface area contributed by atoms with E-state index in [0.29, 0.717) is 0 Å². The van der Waals surface area contributed by atoms with Crippen LogP contribution in [0.1, 0.15) is 33.6 Å². The minimum absolute atomic E-state index is 0.236. The number of allylic oxidation sites excluding steroid dienone is 2. The molecule has 0 aromatic carbocycles. The Morgan fingerprint density at radius 2 is 2.20 bits per heavy atom. The average molecular weight is 206 g/mol. The van der Waals surface area contributed by atoms with E-state index in [2.05, 4.69) is 0 Å². The number of carbonyl (C=O) groups excluding carboxylic acids is 1. The van der Waals surface area contributed by atoms with E-state index in [1.165, 1.54) is 5.57 Å². The Bertz CT molecular complexity index is 342. The number of fused-ring (bicyclic) bond motifs is 1. The SMILES string of the molecule is CC(C)(C)C(=O)C1=CCC2OCCC2=C1. The number of hydrogen-bond acceptors (Lipinski definition) is 2. The lowest BCUT2D eigenvalue weighted by Crippen LogP contribution is -2.23. The van der Waals surface area contributed by atoms with Crippen molar-refractivity contribution in [2.75, 3.05) is 6.61 Å². The first-order chi connectivity index (χ1) is 6.98. The number of carbonyl (C=O) groups is 1. The highest BCUT2D eigenvalue weighted by atomic mass is 16.5. The molecule has 2 rings (SSSR count). The lowest BCUT2D eigenvalue weighted by Gasteiger charge is -2.21. The highest BCUT2D eigenvalue weighted by molar-refractivity contribution is 6.01. The molecule has 82 valence electrons. The number of Topliss-reactive ketones (excluding diaryl/α,β-unsaturated/α-hetero) is 1. The fourth-order valence-electron chi connectivity index (χ4n) is 2.06. The molecule has 1 fully saturated rings. The van der Waals surface area contributed by atoms with Gasteiger partial charge in [0.05, 0.1) is 12.7 Å². The van der Waals surface area contributed by atoms with Gasteiger partial charge in [-0.1, -0.05) is 26.8 Å². The van der Waals surface area contributed by atoms with E-state index in [9.17, 15) is 4.79 Å². The second-order valence-electron chi connectivity index (χ2n) is 5.30. The molecule has 0 radical (unpaired) electrons. The van der Waals surface area contributed by atoms with Crippen LogP contribution in [0.15, 0.2) is 23.3 Å². The van der Waals surface area contributed by atoms with Gasteiger partial charge in [-0.2, -0.15) is 0 Å². The van der Waals surface area contributed by atoms with Gasteiger partial charge in [0, 0.05) is 11.0 Å². The molecule has 0 spiro atoms. The average Bonchev–Trinajstić information content (AvgIpc) is 2.61. The van der Waals surface area contributed by atoms with Gasteiger partial charge in [0.15, 0.2) is 5.78 Å². The summed E-state index contributed by atoms with van der Waals surface area (Å²) in [7, 11) is 0. The quantitative estimate of drug-likeness (QED) is 0.659. The Labute approximate surface area is 91.0 Å². The van der Waals surface area contributed by atoms with E-state index in [-0.39, 0.29) is 17.3 Å². The zero-order valence-corrected chi connectivity index (χ0v) is 9.67. The smallest absolute Gasteiger partial charge is 0.167 e. The van der Waals surface area contributed by atoms with Gasteiger partial charge >= 0.3 is 0 Å². The lowest BCUT2D eigenvalue weighted by atomic mass is 9.83. The van der Waals surface area contributed by atoms with Gasteiger partial charge in [0.1, 0.15) is 0 Å². The highest BCUT2D eigenvalue weighted by Gasteiger charge is 2.29. The van der Waals surface area contributed by atoms with Crippen LogP contribution in [0, 0.1) is 5.41 Å². The first-order valence-electron chi connectivity index (χ1n) is 5.55. The van der Waals surface area contributed by atoms with Crippen molar-refractivity contribution in [1.82, 2.24) is 0 Å². The fraction of sp³-hybridized carbons (Fsp3) is 0.615. The third-order valence-corrected chi connectivity index (χ3v) is 2.96. The van der Waals surface area contributed by atoms with Crippen molar-refractivity contribution in [3.05, 3.63) is 23.3 Å². The molecule has 0 amide bonds. The monoisotopic (exact) mass is 206 g/mol. The van der Waals surface area contributed by atoms with Crippen molar-refractivity contribution in [2.45, 2.75) is 39.7 Å². The van der Waals surface area contributed by atoms with Crippen LogP contribution in [0.3, 0.4) is 0 Å². The maximum Gasteiger partial charge on any atom is 0.167 e. The molecule has 1 unspecified atom stereocenters. The molecule has 0 bridgehead atoms. The molecule has 0 aromatic heterocycles. The van der Waals surface area contributed by atoms with Crippen molar-refractivity contribution in [2.24, 2.45) is 5.41 Å². The fourth-order valence-corrected chi connectivity index (χ4v) is 2.06. The van der Waals surface area contributed by atoms with Crippen LogP contribution in [0.5, 0.6) is 0 Å². The van der Waals surface area contributed by atoms with Crippen LogP contribution in [-0.2, 0) is 9.53 Å². The van der Waals surface area contributed by atoms with Crippen molar-refractivity contribution < 1.29 is 9.53 Å². The Morgan fingerprint density at radius 3 is 2.87 bits per heavy atom. The Morgan fingerprint density at radius 1 is 1.47 bits per heavy atom. The van der Waals surface area contributed by atoms with Crippen molar-refractivity contribution in [1.29, 1.82) is 0 Å². The molecule has 1 aliphatic carbocycles. The van der Waals surface area contributed by atoms with Crippen LogP contribution in [0.25, 0.3) is 0 Å². The molecule has 2 nitrogen and oxygen atoms in total. The third kappa shape index (κ3) is 2.05. The summed E-state index contributed by atoms with van der Waals surface area (Å²) in [6.45, 7) is 6.70. The molecule has 1 aliphatic heterocycles. The molecule has 0 aromatic rings. The van der Waals surface area contributed by atoms with Gasteiger partial charge in [-0.15, -0.1) is 0 Å². The van der Waals surface area contributed by atoms with Crippen LogP contribution >= 0.6 is 0 Å². The van der Waals surface area contributed by atoms with E-state index in [4.69, 9.17) is 4.74 Å².